The second-order valence-corrected chi connectivity index (χ2v) is 11.4. The van der Waals surface area contributed by atoms with Gasteiger partial charge in [0.25, 0.3) is 5.91 Å². The standard InChI is InChI=1S/C29H43ClN8O3/c1-3-21-17-37(28-26(30)34-25(27(32)35-28)29(41)33-12-4-5-24(31)40)15-16-38(21)22-10-13-36(14-11-22)23(18-39)20-8-6-19(2)7-9-20/h6-9,21-23,39H,3-5,10-18H2,1-2H3,(H2,31,40)(H2,32,35)(H,33,41)/t21-,23?/m0/s1. The largest absolute Gasteiger partial charge is 0.394 e. The first-order valence-electron chi connectivity index (χ1n) is 14.5. The summed E-state index contributed by atoms with van der Waals surface area (Å²) in [4.78, 5) is 39.3. The average molecular weight is 587 g/mol. The number of aromatic nitrogens is 2. The number of rotatable bonds is 11. The third-order valence-electron chi connectivity index (χ3n) is 8.31. The Bertz CT molecular complexity index is 1190. The molecule has 6 N–H and O–H groups in total. The van der Waals surface area contributed by atoms with Crippen LogP contribution in [0.4, 0.5) is 11.6 Å². The Hall–Kier alpha value is -2.99. The van der Waals surface area contributed by atoms with Crippen molar-refractivity contribution < 1.29 is 14.7 Å². The van der Waals surface area contributed by atoms with Gasteiger partial charge in [-0.1, -0.05) is 48.4 Å². The van der Waals surface area contributed by atoms with Gasteiger partial charge in [-0.2, -0.15) is 0 Å². The van der Waals surface area contributed by atoms with Crippen LogP contribution in [-0.4, -0.2) is 94.6 Å². The third-order valence-corrected chi connectivity index (χ3v) is 8.56. The maximum atomic E-state index is 12.5. The van der Waals surface area contributed by atoms with Crippen molar-refractivity contribution in [2.75, 3.05) is 56.5 Å². The van der Waals surface area contributed by atoms with Crippen molar-refractivity contribution >= 4 is 35.1 Å². The van der Waals surface area contributed by atoms with E-state index < -0.39 is 11.8 Å². The first kappa shape index (κ1) is 31.0. The van der Waals surface area contributed by atoms with Crippen molar-refractivity contribution in [2.45, 2.75) is 64.1 Å². The maximum absolute atomic E-state index is 12.5. The van der Waals surface area contributed by atoms with E-state index in [1.165, 1.54) is 11.1 Å². The molecular formula is C29H43ClN8O3. The summed E-state index contributed by atoms with van der Waals surface area (Å²) in [5, 5.41) is 13.0. The molecule has 224 valence electrons. The lowest BCUT2D eigenvalue weighted by Crippen LogP contribution is -2.58. The molecule has 2 atom stereocenters. The number of piperidine rings is 1. The summed E-state index contributed by atoms with van der Waals surface area (Å²) in [5.41, 5.74) is 13.6. The number of likely N-dealkylation sites (tertiary alicyclic amines) is 1. The van der Waals surface area contributed by atoms with Crippen LogP contribution >= 0.6 is 11.6 Å². The van der Waals surface area contributed by atoms with Gasteiger partial charge in [0.05, 0.1) is 12.6 Å². The van der Waals surface area contributed by atoms with Gasteiger partial charge in [0.1, 0.15) is 0 Å². The van der Waals surface area contributed by atoms with Gasteiger partial charge in [0.2, 0.25) is 5.91 Å². The summed E-state index contributed by atoms with van der Waals surface area (Å²) in [5.74, 6) is -0.394. The Morgan fingerprint density at radius 3 is 2.49 bits per heavy atom. The van der Waals surface area contributed by atoms with Crippen LogP contribution in [0.2, 0.25) is 5.15 Å². The van der Waals surface area contributed by atoms with Crippen LogP contribution < -0.4 is 21.7 Å². The predicted molar refractivity (Wildman–Crippen MR) is 161 cm³/mol. The van der Waals surface area contributed by atoms with Crippen LogP contribution in [0.25, 0.3) is 0 Å². The molecular weight excluding hydrogens is 544 g/mol. The fourth-order valence-electron chi connectivity index (χ4n) is 5.99. The van der Waals surface area contributed by atoms with E-state index in [0.717, 1.165) is 52.0 Å². The highest BCUT2D eigenvalue weighted by Crippen LogP contribution is 2.31. The Morgan fingerprint density at radius 2 is 1.85 bits per heavy atom. The topological polar surface area (TPSA) is 154 Å². The number of halogens is 1. The summed E-state index contributed by atoms with van der Waals surface area (Å²) < 4.78 is 0. The summed E-state index contributed by atoms with van der Waals surface area (Å²) in [6.45, 7) is 8.89. The SMILES string of the molecule is CC[C@H]1CN(c2nc(N)c(C(=O)NCCCC(N)=O)nc2Cl)CCN1C1CCN(C(CO)c2ccc(C)cc2)CC1. The number of hydrogen-bond donors (Lipinski definition) is 4. The number of nitrogens with zero attached hydrogens (tertiary/aromatic N) is 5. The number of nitrogen functional groups attached to an aromatic ring is 1. The number of nitrogens with two attached hydrogens (primary N) is 2. The molecule has 41 heavy (non-hydrogen) atoms. The summed E-state index contributed by atoms with van der Waals surface area (Å²) in [7, 11) is 0. The van der Waals surface area contributed by atoms with Gasteiger partial charge in [0, 0.05) is 57.8 Å². The van der Waals surface area contributed by atoms with E-state index in [9.17, 15) is 14.7 Å². The van der Waals surface area contributed by atoms with E-state index >= 15 is 0 Å². The zero-order chi connectivity index (χ0) is 29.5. The molecule has 2 aliphatic rings. The number of primary amides is 1. The molecule has 0 radical (unpaired) electrons. The number of aliphatic hydroxyl groups is 1. The van der Waals surface area contributed by atoms with E-state index in [1.54, 1.807) is 0 Å². The monoisotopic (exact) mass is 586 g/mol. The Morgan fingerprint density at radius 1 is 1.15 bits per heavy atom. The molecule has 1 aromatic carbocycles. The summed E-state index contributed by atoms with van der Waals surface area (Å²) in [6.07, 6.45) is 3.69. The normalized spacial score (nSPS) is 19.7. The Labute approximate surface area is 247 Å². The van der Waals surface area contributed by atoms with E-state index in [2.05, 4.69) is 68.1 Å². The zero-order valence-electron chi connectivity index (χ0n) is 24.1. The molecule has 2 saturated heterocycles. The second kappa shape index (κ2) is 14.3. The lowest BCUT2D eigenvalue weighted by Gasteiger charge is -2.48. The van der Waals surface area contributed by atoms with E-state index in [1.807, 2.05) is 0 Å². The van der Waals surface area contributed by atoms with Crippen LogP contribution in [-0.2, 0) is 4.79 Å². The third kappa shape index (κ3) is 7.65. The fraction of sp³-hybridized carbons (Fsp3) is 0.586. The van der Waals surface area contributed by atoms with Gasteiger partial charge in [0.15, 0.2) is 22.5 Å². The van der Waals surface area contributed by atoms with Gasteiger partial charge < -0.3 is 26.8 Å². The molecule has 0 bridgehead atoms. The molecule has 2 fully saturated rings. The molecule has 11 nitrogen and oxygen atoms in total. The highest BCUT2D eigenvalue weighted by atomic mass is 35.5. The smallest absolute Gasteiger partial charge is 0.273 e. The highest BCUT2D eigenvalue weighted by molar-refractivity contribution is 6.32. The minimum atomic E-state index is -0.485. The molecule has 0 aliphatic carbocycles. The molecule has 2 aliphatic heterocycles. The van der Waals surface area contributed by atoms with Crippen molar-refractivity contribution in [3.8, 4) is 0 Å². The van der Waals surface area contributed by atoms with Gasteiger partial charge >= 0.3 is 0 Å². The van der Waals surface area contributed by atoms with Gasteiger partial charge in [-0.05, 0) is 38.2 Å². The Kier molecular flexibility index (Phi) is 10.8. The molecule has 4 rings (SSSR count). The maximum Gasteiger partial charge on any atom is 0.273 e. The minimum absolute atomic E-state index is 0.0201. The number of hydrogen-bond acceptors (Lipinski definition) is 9. The molecule has 1 unspecified atom stereocenters. The zero-order valence-corrected chi connectivity index (χ0v) is 24.8. The lowest BCUT2D eigenvalue weighted by atomic mass is 9.95. The number of carbonyl (C=O) groups is 2. The van der Waals surface area contributed by atoms with Crippen molar-refractivity contribution in [3.05, 3.63) is 46.2 Å². The minimum Gasteiger partial charge on any atom is -0.394 e. The number of nitrogens with one attached hydrogen (secondary N) is 1. The molecule has 1 aromatic heterocycles. The number of aliphatic hydroxyl groups excluding tert-OH is 1. The lowest BCUT2D eigenvalue weighted by molar-refractivity contribution is -0.118. The Balaban J connectivity index is 1.35. The predicted octanol–water partition coefficient (Wildman–Crippen LogP) is 2.11. The molecule has 0 spiro atoms. The molecule has 2 amide bonds. The highest BCUT2D eigenvalue weighted by Gasteiger charge is 2.35. The van der Waals surface area contributed by atoms with E-state index in [4.69, 9.17) is 23.1 Å². The number of piperazine rings is 1. The van der Waals surface area contributed by atoms with E-state index in [0.29, 0.717) is 24.3 Å². The number of aryl methyl sites for hydroxylation is 1. The van der Waals surface area contributed by atoms with Crippen LogP contribution in [0.3, 0.4) is 0 Å². The van der Waals surface area contributed by atoms with Gasteiger partial charge in [-0.25, -0.2) is 9.97 Å². The average Bonchev–Trinajstić information content (AvgIpc) is 2.97. The fourth-order valence-corrected chi connectivity index (χ4v) is 6.24. The van der Waals surface area contributed by atoms with Crippen molar-refractivity contribution in [1.29, 1.82) is 0 Å². The number of carbonyl (C=O) groups excluding carboxylic acids is 2. The quantitative estimate of drug-likeness (QED) is 0.290. The number of benzene rings is 1. The summed E-state index contributed by atoms with van der Waals surface area (Å²) >= 11 is 6.52. The van der Waals surface area contributed by atoms with Crippen LogP contribution in [0.5, 0.6) is 0 Å². The first-order chi connectivity index (χ1) is 19.7. The van der Waals surface area contributed by atoms with Gasteiger partial charge in [-0.15, -0.1) is 0 Å². The molecule has 3 heterocycles. The summed E-state index contributed by atoms with van der Waals surface area (Å²) in [6, 6.07) is 9.29. The molecule has 12 heteroatoms. The van der Waals surface area contributed by atoms with Crippen molar-refractivity contribution in [3.63, 3.8) is 0 Å². The van der Waals surface area contributed by atoms with E-state index in [-0.39, 0.29) is 42.3 Å². The first-order valence-corrected chi connectivity index (χ1v) is 14.9. The van der Waals surface area contributed by atoms with Gasteiger partial charge in [-0.3, -0.25) is 19.4 Å². The van der Waals surface area contributed by atoms with Crippen molar-refractivity contribution in [1.82, 2.24) is 25.1 Å². The molecule has 0 saturated carbocycles. The van der Waals surface area contributed by atoms with Crippen LogP contribution in [0.1, 0.15) is 66.7 Å². The van der Waals surface area contributed by atoms with Crippen LogP contribution in [0, 0.1) is 6.92 Å². The molecule has 2 aromatic rings. The van der Waals surface area contributed by atoms with Crippen LogP contribution in [0.15, 0.2) is 24.3 Å². The second-order valence-electron chi connectivity index (χ2n) is 11.0. The number of anilines is 2. The number of amides is 2. The van der Waals surface area contributed by atoms with Crippen molar-refractivity contribution in [2.24, 2.45) is 5.73 Å².